The van der Waals surface area contributed by atoms with Gasteiger partial charge in [-0.15, -0.1) is 12.4 Å². The number of carbonyl (C=O) groups excluding carboxylic acids is 1. The van der Waals surface area contributed by atoms with Gasteiger partial charge in [-0.1, -0.05) is 30.3 Å². The molecule has 4 rings (SSSR count). The molecule has 34 heavy (non-hydrogen) atoms. The molecule has 0 N–H and O–H groups in total. The largest absolute Gasteiger partial charge is 0.496 e. The van der Waals surface area contributed by atoms with Crippen molar-refractivity contribution in [3.05, 3.63) is 95.1 Å². The molecule has 3 aromatic rings. The van der Waals surface area contributed by atoms with E-state index in [2.05, 4.69) is 4.90 Å². The summed E-state index contributed by atoms with van der Waals surface area (Å²) in [7, 11) is 3.25. The Morgan fingerprint density at radius 1 is 0.882 bits per heavy atom. The van der Waals surface area contributed by atoms with Crippen LogP contribution in [-0.4, -0.2) is 38.0 Å². The highest BCUT2D eigenvalue weighted by Gasteiger charge is 2.36. The van der Waals surface area contributed by atoms with Crippen molar-refractivity contribution in [2.75, 3.05) is 27.3 Å². The average Bonchev–Trinajstić information content (AvgIpc) is 2.83. The zero-order valence-electron chi connectivity index (χ0n) is 19.2. The van der Waals surface area contributed by atoms with Gasteiger partial charge in [0.1, 0.15) is 28.9 Å². The summed E-state index contributed by atoms with van der Waals surface area (Å²) in [4.78, 5) is 15.4. The van der Waals surface area contributed by atoms with E-state index in [4.69, 9.17) is 9.47 Å². The first kappa shape index (κ1) is 25.7. The maximum absolute atomic E-state index is 13.6. The third kappa shape index (κ3) is 5.57. The van der Waals surface area contributed by atoms with E-state index >= 15 is 0 Å². The molecule has 1 aliphatic heterocycles. The molecular weight excluding hydrogens is 460 g/mol. The minimum Gasteiger partial charge on any atom is -0.496 e. The lowest BCUT2D eigenvalue weighted by Gasteiger charge is -2.37. The zero-order chi connectivity index (χ0) is 23.4. The summed E-state index contributed by atoms with van der Waals surface area (Å²) in [6.45, 7) is 1.70. The van der Waals surface area contributed by atoms with Crippen LogP contribution in [0.2, 0.25) is 0 Å². The first-order chi connectivity index (χ1) is 16.0. The van der Waals surface area contributed by atoms with Crippen molar-refractivity contribution < 1.29 is 23.0 Å². The maximum Gasteiger partial charge on any atom is 0.139 e. The van der Waals surface area contributed by atoms with Crippen LogP contribution in [-0.2, 0) is 11.3 Å². The molecule has 4 nitrogen and oxygen atoms in total. The molecule has 3 aromatic carbocycles. The molecule has 0 radical (unpaired) electrons. The molecule has 7 heteroatoms. The monoisotopic (exact) mass is 487 g/mol. The number of nitrogens with zero attached hydrogens (tertiary/aromatic N) is 1. The topological polar surface area (TPSA) is 38.8 Å². The summed E-state index contributed by atoms with van der Waals surface area (Å²) in [5.74, 6) is 0.286. The quantitative estimate of drug-likeness (QED) is 0.433. The van der Waals surface area contributed by atoms with Crippen LogP contribution >= 0.6 is 12.4 Å². The van der Waals surface area contributed by atoms with Crippen molar-refractivity contribution >= 4 is 18.2 Å². The Bertz CT molecular complexity index is 1040. The van der Waals surface area contributed by atoms with Gasteiger partial charge in [0.25, 0.3) is 0 Å². The number of ketones is 1. The number of halogens is 3. The molecule has 0 aromatic heterocycles. The number of ether oxygens (including phenoxy) is 2. The van der Waals surface area contributed by atoms with E-state index in [9.17, 15) is 13.6 Å². The van der Waals surface area contributed by atoms with Crippen LogP contribution in [0.25, 0.3) is 0 Å². The standard InChI is InChI=1S/C27H27F2NO3.ClH/c1-32-25-4-3-5-26(33-2)23(25)17-30-15-14-24(31)22(16-30)27(18-6-10-20(28)11-7-18)19-8-12-21(29)13-9-19;/h3-13,22,27H,14-17H2,1-2H3;1H. The molecule has 1 saturated heterocycles. The summed E-state index contributed by atoms with van der Waals surface area (Å²) < 4.78 is 38.3. The second kappa shape index (κ2) is 11.4. The first-order valence-electron chi connectivity index (χ1n) is 11.0. The number of Topliss-reactive ketones (excluding diaryl/α,β-unsaturated/α-hetero) is 1. The van der Waals surface area contributed by atoms with Crippen molar-refractivity contribution in [2.45, 2.75) is 18.9 Å². The van der Waals surface area contributed by atoms with Crippen molar-refractivity contribution in [3.8, 4) is 11.5 Å². The van der Waals surface area contributed by atoms with E-state index in [0.717, 1.165) is 28.2 Å². The minimum absolute atomic E-state index is 0. The Morgan fingerprint density at radius 2 is 1.38 bits per heavy atom. The van der Waals surface area contributed by atoms with Crippen LogP contribution in [0.3, 0.4) is 0 Å². The Hall–Kier alpha value is -2.96. The van der Waals surface area contributed by atoms with Gasteiger partial charge in [-0.3, -0.25) is 9.69 Å². The second-order valence-electron chi connectivity index (χ2n) is 8.28. The molecule has 0 saturated carbocycles. The third-order valence-electron chi connectivity index (χ3n) is 6.32. The number of likely N-dealkylation sites (tertiary alicyclic amines) is 1. The number of hydrogen-bond donors (Lipinski definition) is 0. The van der Waals surface area contributed by atoms with Crippen LogP contribution in [0, 0.1) is 17.6 Å². The van der Waals surface area contributed by atoms with Crippen molar-refractivity contribution in [3.63, 3.8) is 0 Å². The van der Waals surface area contributed by atoms with Gasteiger partial charge in [-0.2, -0.15) is 0 Å². The Balaban J connectivity index is 0.00000324. The number of hydrogen-bond acceptors (Lipinski definition) is 4. The smallest absolute Gasteiger partial charge is 0.139 e. The Labute approximate surface area is 204 Å². The van der Waals surface area contributed by atoms with Gasteiger partial charge in [-0.25, -0.2) is 8.78 Å². The molecule has 1 aliphatic rings. The molecule has 0 aliphatic carbocycles. The van der Waals surface area contributed by atoms with Crippen LogP contribution in [0.15, 0.2) is 66.7 Å². The van der Waals surface area contributed by atoms with E-state index in [1.165, 1.54) is 24.3 Å². The van der Waals surface area contributed by atoms with Crippen LogP contribution in [0.4, 0.5) is 8.78 Å². The molecular formula is C27H28ClF2NO3. The Morgan fingerprint density at radius 3 is 1.85 bits per heavy atom. The predicted molar refractivity (Wildman–Crippen MR) is 130 cm³/mol. The molecule has 1 atom stereocenters. The van der Waals surface area contributed by atoms with Crippen molar-refractivity contribution in [1.82, 2.24) is 4.90 Å². The SMILES string of the molecule is COc1cccc(OC)c1CN1CCC(=O)C(C(c2ccc(F)cc2)c2ccc(F)cc2)C1.Cl. The average molecular weight is 488 g/mol. The van der Waals surface area contributed by atoms with Gasteiger partial charge in [0.05, 0.1) is 19.8 Å². The molecule has 180 valence electrons. The van der Waals surface area contributed by atoms with Gasteiger partial charge in [0.2, 0.25) is 0 Å². The van der Waals surface area contributed by atoms with E-state index in [-0.39, 0.29) is 41.7 Å². The molecule has 1 unspecified atom stereocenters. The van der Waals surface area contributed by atoms with Gasteiger partial charge in [0.15, 0.2) is 0 Å². The summed E-state index contributed by atoms with van der Waals surface area (Å²) in [5, 5.41) is 0. The van der Waals surface area contributed by atoms with Crippen LogP contribution < -0.4 is 9.47 Å². The fourth-order valence-corrected chi connectivity index (χ4v) is 4.66. The summed E-state index contributed by atoms with van der Waals surface area (Å²) in [5.41, 5.74) is 2.59. The van der Waals surface area contributed by atoms with Gasteiger partial charge in [-0.05, 0) is 47.5 Å². The summed E-state index contributed by atoms with van der Waals surface area (Å²) >= 11 is 0. The fourth-order valence-electron chi connectivity index (χ4n) is 4.66. The van der Waals surface area contributed by atoms with Gasteiger partial charge >= 0.3 is 0 Å². The number of carbonyl (C=O) groups is 1. The Kier molecular flexibility index (Phi) is 8.64. The predicted octanol–water partition coefficient (Wildman–Crippen LogP) is 5.63. The van der Waals surface area contributed by atoms with E-state index in [0.29, 0.717) is 26.1 Å². The summed E-state index contributed by atoms with van der Waals surface area (Å²) in [6, 6.07) is 18.1. The summed E-state index contributed by atoms with van der Waals surface area (Å²) in [6.07, 6.45) is 0.404. The van der Waals surface area contributed by atoms with Crippen LogP contribution in [0.1, 0.15) is 29.0 Å². The molecule has 1 fully saturated rings. The van der Waals surface area contributed by atoms with Gasteiger partial charge < -0.3 is 9.47 Å². The number of rotatable bonds is 7. The highest BCUT2D eigenvalue weighted by Crippen LogP contribution is 2.37. The fraction of sp³-hybridized carbons (Fsp3) is 0.296. The third-order valence-corrected chi connectivity index (χ3v) is 6.32. The molecule has 0 amide bonds. The molecule has 0 bridgehead atoms. The van der Waals surface area contributed by atoms with Gasteiger partial charge in [0, 0.05) is 37.9 Å². The lowest BCUT2D eigenvalue weighted by molar-refractivity contribution is -0.126. The normalized spacial score (nSPS) is 16.3. The van der Waals surface area contributed by atoms with Crippen LogP contribution in [0.5, 0.6) is 11.5 Å². The lowest BCUT2D eigenvalue weighted by Crippen LogP contribution is -2.43. The number of methoxy groups -OCH3 is 2. The van der Waals surface area contributed by atoms with E-state index < -0.39 is 0 Å². The minimum atomic E-state index is -0.352. The lowest BCUT2D eigenvalue weighted by atomic mass is 9.76. The highest BCUT2D eigenvalue weighted by molar-refractivity contribution is 5.85. The second-order valence-corrected chi connectivity index (χ2v) is 8.28. The molecule has 1 heterocycles. The van der Waals surface area contributed by atoms with Crippen molar-refractivity contribution in [2.24, 2.45) is 5.92 Å². The highest BCUT2D eigenvalue weighted by atomic mass is 35.5. The first-order valence-corrected chi connectivity index (χ1v) is 11.0. The number of piperidine rings is 1. The molecule has 0 spiro atoms. The van der Waals surface area contributed by atoms with Crippen molar-refractivity contribution in [1.29, 1.82) is 0 Å². The number of benzene rings is 3. The maximum atomic E-state index is 13.6. The van der Waals surface area contributed by atoms with E-state index in [1.54, 1.807) is 38.5 Å². The zero-order valence-corrected chi connectivity index (χ0v) is 20.0. The van der Waals surface area contributed by atoms with E-state index in [1.807, 2.05) is 18.2 Å².